The molecule has 0 amide bonds. The summed E-state index contributed by atoms with van der Waals surface area (Å²) in [5.41, 5.74) is 0.799. The fourth-order valence-electron chi connectivity index (χ4n) is 0.955. The van der Waals surface area contributed by atoms with Crippen LogP contribution in [0.4, 0.5) is 0 Å². The number of hydrogen-bond donors (Lipinski definition) is 1. The van der Waals surface area contributed by atoms with Crippen molar-refractivity contribution in [3.63, 3.8) is 0 Å². The van der Waals surface area contributed by atoms with Crippen LogP contribution in [-0.2, 0) is 16.4 Å². The molecule has 0 saturated heterocycles. The van der Waals surface area contributed by atoms with Crippen LogP contribution in [0.5, 0.6) is 0 Å². The van der Waals surface area contributed by atoms with E-state index in [1.54, 1.807) is 18.2 Å². The van der Waals surface area contributed by atoms with E-state index in [-0.39, 0.29) is 5.75 Å². The van der Waals surface area contributed by atoms with Gasteiger partial charge in [0, 0.05) is 0 Å². The lowest BCUT2D eigenvalue weighted by Gasteiger charge is -2.01. The molecule has 0 heterocycles. The number of benzene rings is 1. The second-order valence-corrected chi connectivity index (χ2v) is 5.41. The van der Waals surface area contributed by atoms with Gasteiger partial charge in [0.2, 0.25) is 10.0 Å². The molecular weight excluding hydrogens is 245 g/mol. The number of aryl methyl sites for hydroxylation is 1. The van der Waals surface area contributed by atoms with Crippen molar-refractivity contribution in [1.29, 1.82) is 0 Å². The average molecular weight is 254 g/mol. The first-order valence-electron chi connectivity index (χ1n) is 3.83. The molecule has 0 fully saturated rings. The smallest absolute Gasteiger partial charge is 0.209 e. The highest BCUT2D eigenvalue weighted by atomic mass is 35.5. The van der Waals surface area contributed by atoms with E-state index in [0.717, 1.165) is 5.56 Å². The van der Waals surface area contributed by atoms with Gasteiger partial charge in [-0.05, 0) is 24.1 Å². The Hall–Kier alpha value is -0.290. The molecule has 0 aliphatic rings. The monoisotopic (exact) mass is 253 g/mol. The van der Waals surface area contributed by atoms with Gasteiger partial charge in [0.1, 0.15) is 0 Å². The van der Waals surface area contributed by atoms with E-state index < -0.39 is 10.0 Å². The highest BCUT2D eigenvalue weighted by Crippen LogP contribution is 2.22. The maximum Gasteiger partial charge on any atom is 0.209 e. The van der Waals surface area contributed by atoms with Gasteiger partial charge >= 0.3 is 0 Å². The Balaban J connectivity index is 2.74. The molecule has 1 aromatic rings. The second-order valence-electron chi connectivity index (χ2n) is 2.87. The summed E-state index contributed by atoms with van der Waals surface area (Å²) in [5.74, 6) is -0.0923. The summed E-state index contributed by atoms with van der Waals surface area (Å²) in [7, 11) is -3.42. The van der Waals surface area contributed by atoms with E-state index in [1.165, 1.54) is 0 Å². The van der Waals surface area contributed by atoms with Crippen LogP contribution in [0.1, 0.15) is 5.56 Å². The minimum absolute atomic E-state index is 0.0923. The number of sulfonamides is 1. The maximum atomic E-state index is 10.7. The molecule has 6 heteroatoms. The Bertz CT molecular complexity index is 431. The van der Waals surface area contributed by atoms with Crippen LogP contribution in [-0.4, -0.2) is 14.2 Å². The maximum absolute atomic E-state index is 10.7. The van der Waals surface area contributed by atoms with Crippen LogP contribution >= 0.6 is 23.2 Å². The quantitative estimate of drug-likeness (QED) is 0.894. The molecule has 1 rings (SSSR count). The Morgan fingerprint density at radius 3 is 2.36 bits per heavy atom. The zero-order chi connectivity index (χ0) is 10.8. The van der Waals surface area contributed by atoms with Crippen LogP contribution < -0.4 is 5.14 Å². The standard InChI is InChI=1S/C8H9Cl2NO2S/c9-7-2-1-6(5-8(7)10)3-4-14(11,12)13/h1-2,5H,3-4H2,(H2,11,12,13). The van der Waals surface area contributed by atoms with Gasteiger partial charge in [-0.2, -0.15) is 0 Å². The fourth-order valence-corrected chi connectivity index (χ4v) is 1.80. The lowest BCUT2D eigenvalue weighted by Crippen LogP contribution is -2.17. The molecule has 0 radical (unpaired) electrons. The topological polar surface area (TPSA) is 60.2 Å². The zero-order valence-corrected chi connectivity index (χ0v) is 9.53. The molecule has 0 atom stereocenters. The van der Waals surface area contributed by atoms with Crippen molar-refractivity contribution in [2.75, 3.05) is 5.75 Å². The van der Waals surface area contributed by atoms with Gasteiger partial charge in [0.15, 0.2) is 0 Å². The summed E-state index contributed by atoms with van der Waals surface area (Å²) >= 11 is 11.4. The number of rotatable bonds is 3. The Kier molecular flexibility index (Phi) is 3.78. The van der Waals surface area contributed by atoms with Gasteiger partial charge in [-0.3, -0.25) is 0 Å². The fraction of sp³-hybridized carbons (Fsp3) is 0.250. The third-order valence-electron chi connectivity index (χ3n) is 1.66. The van der Waals surface area contributed by atoms with E-state index in [1.807, 2.05) is 0 Å². The van der Waals surface area contributed by atoms with Crippen molar-refractivity contribution >= 4 is 33.2 Å². The molecule has 2 N–H and O–H groups in total. The normalized spacial score (nSPS) is 11.6. The van der Waals surface area contributed by atoms with Crippen molar-refractivity contribution in [2.24, 2.45) is 5.14 Å². The molecule has 14 heavy (non-hydrogen) atoms. The highest BCUT2D eigenvalue weighted by Gasteiger charge is 2.05. The third kappa shape index (κ3) is 3.84. The van der Waals surface area contributed by atoms with Crippen LogP contribution in [0.15, 0.2) is 18.2 Å². The second kappa shape index (κ2) is 4.49. The predicted octanol–water partition coefficient (Wildman–Crippen LogP) is 1.82. The lowest BCUT2D eigenvalue weighted by atomic mass is 10.2. The van der Waals surface area contributed by atoms with Crippen LogP contribution in [0.2, 0.25) is 10.0 Å². The van der Waals surface area contributed by atoms with Gasteiger partial charge in [0.25, 0.3) is 0 Å². The lowest BCUT2D eigenvalue weighted by molar-refractivity contribution is 0.597. The molecule has 0 bridgehead atoms. The zero-order valence-electron chi connectivity index (χ0n) is 7.20. The Morgan fingerprint density at radius 1 is 1.21 bits per heavy atom. The molecular formula is C8H9Cl2NO2S. The number of hydrogen-bond acceptors (Lipinski definition) is 2. The molecule has 3 nitrogen and oxygen atoms in total. The Labute approximate surface area is 92.9 Å². The van der Waals surface area contributed by atoms with Crippen molar-refractivity contribution in [1.82, 2.24) is 0 Å². The largest absolute Gasteiger partial charge is 0.229 e. The number of nitrogens with two attached hydrogens (primary N) is 1. The van der Waals surface area contributed by atoms with Crippen LogP contribution in [0, 0.1) is 0 Å². The SMILES string of the molecule is NS(=O)(=O)CCc1ccc(Cl)c(Cl)c1. The van der Waals surface area contributed by atoms with Crippen molar-refractivity contribution in [3.8, 4) is 0 Å². The number of primary sulfonamides is 1. The first kappa shape index (κ1) is 11.8. The van der Waals surface area contributed by atoms with E-state index in [4.69, 9.17) is 28.3 Å². The first-order chi connectivity index (χ1) is 6.38. The molecule has 0 saturated carbocycles. The molecule has 0 aliphatic carbocycles. The predicted molar refractivity (Wildman–Crippen MR) is 58.1 cm³/mol. The average Bonchev–Trinajstić information content (AvgIpc) is 2.06. The van der Waals surface area contributed by atoms with Gasteiger partial charge in [0.05, 0.1) is 15.8 Å². The molecule has 0 spiro atoms. The molecule has 0 unspecified atom stereocenters. The van der Waals surface area contributed by atoms with E-state index in [0.29, 0.717) is 16.5 Å². The summed E-state index contributed by atoms with van der Waals surface area (Å²) < 4.78 is 21.4. The van der Waals surface area contributed by atoms with Gasteiger partial charge in [-0.15, -0.1) is 0 Å². The summed E-state index contributed by atoms with van der Waals surface area (Å²) in [4.78, 5) is 0. The molecule has 78 valence electrons. The van der Waals surface area contributed by atoms with Crippen LogP contribution in [0.3, 0.4) is 0 Å². The van der Waals surface area contributed by atoms with Crippen molar-refractivity contribution < 1.29 is 8.42 Å². The van der Waals surface area contributed by atoms with Gasteiger partial charge in [-0.25, -0.2) is 13.6 Å². The highest BCUT2D eigenvalue weighted by molar-refractivity contribution is 7.89. The first-order valence-corrected chi connectivity index (χ1v) is 6.30. The third-order valence-corrected chi connectivity index (χ3v) is 3.17. The molecule has 0 aromatic heterocycles. The Morgan fingerprint density at radius 2 is 1.86 bits per heavy atom. The summed E-state index contributed by atoms with van der Waals surface area (Å²) in [5, 5.41) is 5.73. The summed E-state index contributed by atoms with van der Waals surface area (Å²) in [6.45, 7) is 0. The summed E-state index contributed by atoms with van der Waals surface area (Å²) in [6, 6.07) is 4.98. The van der Waals surface area contributed by atoms with Crippen molar-refractivity contribution in [3.05, 3.63) is 33.8 Å². The van der Waals surface area contributed by atoms with E-state index >= 15 is 0 Å². The van der Waals surface area contributed by atoms with E-state index in [9.17, 15) is 8.42 Å². The minimum atomic E-state index is -3.42. The molecule has 1 aromatic carbocycles. The van der Waals surface area contributed by atoms with Gasteiger partial charge < -0.3 is 0 Å². The molecule has 0 aliphatic heterocycles. The van der Waals surface area contributed by atoms with E-state index in [2.05, 4.69) is 0 Å². The van der Waals surface area contributed by atoms with Crippen molar-refractivity contribution in [2.45, 2.75) is 6.42 Å². The summed E-state index contributed by atoms with van der Waals surface area (Å²) in [6.07, 6.45) is 0.343. The number of halogens is 2. The van der Waals surface area contributed by atoms with Crippen LogP contribution in [0.25, 0.3) is 0 Å². The van der Waals surface area contributed by atoms with Gasteiger partial charge in [-0.1, -0.05) is 29.3 Å². The minimum Gasteiger partial charge on any atom is -0.229 e.